The molecule has 2 amide bonds. The third kappa shape index (κ3) is 2.94. The number of rotatable bonds is 7. The number of carbonyl (C=O) groups is 2. The number of unbranched alkanes of at least 4 members (excludes halogenated alkanes) is 5. The molecule has 33 heavy (non-hydrogen) atoms. The number of imide groups is 1. The van der Waals surface area contributed by atoms with E-state index >= 15 is 0 Å². The van der Waals surface area contributed by atoms with Gasteiger partial charge in [0.25, 0.3) is 11.8 Å². The predicted octanol–water partition coefficient (Wildman–Crippen LogP) is 6.50. The molecule has 0 spiro atoms. The Bertz CT molecular complexity index is 1100. The Balaban J connectivity index is 1.61. The second-order valence-corrected chi connectivity index (χ2v) is 10.9. The smallest absolute Gasteiger partial charge is 0.258 e. The number of nitrogens with zero attached hydrogens (tertiary/aromatic N) is 1. The Kier molecular flexibility index (Phi) is 5.34. The summed E-state index contributed by atoms with van der Waals surface area (Å²) in [6, 6.07) is 17.0. The quantitative estimate of drug-likeness (QED) is 0.363. The molecular weight excluding hydrogens is 406 g/mol. The predicted molar refractivity (Wildman–Crippen MR) is 132 cm³/mol. The van der Waals surface area contributed by atoms with E-state index in [0.717, 1.165) is 24.0 Å². The maximum absolute atomic E-state index is 14.0. The fourth-order valence-corrected chi connectivity index (χ4v) is 6.73. The molecule has 3 nitrogen and oxygen atoms in total. The van der Waals surface area contributed by atoms with Gasteiger partial charge in [-0.1, -0.05) is 108 Å². The number of hydrogen-bond donors (Lipinski definition) is 0. The first-order chi connectivity index (χ1) is 15.9. The minimum Gasteiger partial charge on any atom is -0.275 e. The molecule has 0 fully saturated rings. The molecule has 6 rings (SSSR count). The second kappa shape index (κ2) is 7.97. The number of amides is 2. The van der Waals surface area contributed by atoms with E-state index in [9.17, 15) is 9.59 Å². The molecule has 0 aromatic heterocycles. The van der Waals surface area contributed by atoms with Crippen molar-refractivity contribution in [2.75, 3.05) is 6.54 Å². The summed E-state index contributed by atoms with van der Waals surface area (Å²) in [5, 5.41) is 0. The van der Waals surface area contributed by atoms with Crippen molar-refractivity contribution in [1.29, 1.82) is 0 Å². The molecule has 3 heteroatoms. The summed E-state index contributed by atoms with van der Waals surface area (Å²) in [6.45, 7) is 9.38. The van der Waals surface area contributed by atoms with Crippen LogP contribution in [0.5, 0.6) is 0 Å². The van der Waals surface area contributed by atoms with E-state index in [1.807, 2.05) is 0 Å². The van der Waals surface area contributed by atoms with Crippen LogP contribution in [-0.4, -0.2) is 23.3 Å². The monoisotopic (exact) mass is 441 g/mol. The lowest BCUT2D eigenvalue weighted by Crippen LogP contribution is -2.52. The molecule has 0 N–H and O–H groups in total. The normalized spacial score (nSPS) is 23.2. The van der Waals surface area contributed by atoms with Crippen molar-refractivity contribution >= 4 is 11.8 Å². The highest BCUT2D eigenvalue weighted by Crippen LogP contribution is 2.66. The van der Waals surface area contributed by atoms with E-state index in [2.05, 4.69) is 76.2 Å². The van der Waals surface area contributed by atoms with Gasteiger partial charge in [0.05, 0.1) is 5.41 Å². The average molecular weight is 442 g/mol. The number of carbonyl (C=O) groups excluding carboxylic acids is 2. The molecule has 0 saturated heterocycles. The van der Waals surface area contributed by atoms with Gasteiger partial charge in [-0.2, -0.15) is 0 Å². The Labute approximate surface area is 197 Å². The van der Waals surface area contributed by atoms with Crippen molar-refractivity contribution < 1.29 is 9.59 Å². The summed E-state index contributed by atoms with van der Waals surface area (Å²) in [6.07, 6.45) is 6.82. The summed E-state index contributed by atoms with van der Waals surface area (Å²) in [4.78, 5) is 29.4. The van der Waals surface area contributed by atoms with Gasteiger partial charge in [-0.3, -0.25) is 14.5 Å². The van der Waals surface area contributed by atoms with Crippen molar-refractivity contribution in [2.45, 2.75) is 77.6 Å². The van der Waals surface area contributed by atoms with Crippen LogP contribution in [0.2, 0.25) is 0 Å². The van der Waals surface area contributed by atoms with Crippen molar-refractivity contribution in [2.24, 2.45) is 5.41 Å². The molecule has 4 aliphatic rings. The fourth-order valence-electron chi connectivity index (χ4n) is 6.73. The van der Waals surface area contributed by atoms with Crippen LogP contribution in [0.1, 0.15) is 94.4 Å². The molecule has 2 aromatic carbocycles. The first-order valence-electron chi connectivity index (χ1n) is 12.6. The minimum absolute atomic E-state index is 0.0625. The standard InChI is InChI=1S/C30H35NO2/c1-5-6-7-8-9-14-19-31-27(32)25-24-20-15-10-12-17-22(20)30(29(2,3)4,26(25)28(31)33)23-18-13-11-16-21(23)24/h10-13,15-18,24H,5-9,14,19H2,1-4H3. The van der Waals surface area contributed by atoms with Gasteiger partial charge >= 0.3 is 0 Å². The van der Waals surface area contributed by atoms with Crippen molar-refractivity contribution in [3.63, 3.8) is 0 Å². The maximum Gasteiger partial charge on any atom is 0.258 e. The summed E-state index contributed by atoms with van der Waals surface area (Å²) in [5.41, 5.74) is 5.35. The van der Waals surface area contributed by atoms with E-state index in [4.69, 9.17) is 0 Å². The SMILES string of the molecule is CCCCCCCCN1C(=O)C2=C(C1=O)C1(C(C)(C)C)c3ccccc3C2c2ccccc21. The van der Waals surface area contributed by atoms with E-state index in [1.165, 1.54) is 47.9 Å². The second-order valence-electron chi connectivity index (χ2n) is 10.9. The van der Waals surface area contributed by atoms with Crippen molar-refractivity contribution in [1.82, 2.24) is 4.90 Å². The lowest BCUT2D eigenvalue weighted by atomic mass is 9.46. The highest BCUT2D eigenvalue weighted by atomic mass is 16.2. The van der Waals surface area contributed by atoms with Gasteiger partial charge in [0.1, 0.15) is 0 Å². The zero-order chi connectivity index (χ0) is 23.4. The van der Waals surface area contributed by atoms with Crippen LogP contribution in [-0.2, 0) is 15.0 Å². The van der Waals surface area contributed by atoms with Crippen molar-refractivity contribution in [3.8, 4) is 0 Å². The molecule has 2 bridgehead atoms. The van der Waals surface area contributed by atoms with Crippen LogP contribution < -0.4 is 0 Å². The van der Waals surface area contributed by atoms with Crippen LogP contribution in [0, 0.1) is 5.41 Å². The van der Waals surface area contributed by atoms with Gasteiger partial charge in [0, 0.05) is 23.6 Å². The molecule has 0 saturated carbocycles. The molecule has 1 aliphatic heterocycles. The highest BCUT2D eigenvalue weighted by molar-refractivity contribution is 6.23. The topological polar surface area (TPSA) is 37.4 Å². The maximum atomic E-state index is 14.0. The van der Waals surface area contributed by atoms with Crippen LogP contribution in [0.3, 0.4) is 0 Å². The van der Waals surface area contributed by atoms with Crippen LogP contribution in [0.15, 0.2) is 59.7 Å². The zero-order valence-corrected chi connectivity index (χ0v) is 20.4. The summed E-state index contributed by atoms with van der Waals surface area (Å²) >= 11 is 0. The van der Waals surface area contributed by atoms with E-state index in [1.54, 1.807) is 4.90 Å². The fraction of sp³-hybridized carbons (Fsp3) is 0.467. The van der Waals surface area contributed by atoms with E-state index in [0.29, 0.717) is 6.54 Å². The van der Waals surface area contributed by atoms with Gasteiger partial charge in [-0.15, -0.1) is 0 Å². The first kappa shape index (κ1) is 22.1. The third-order valence-electron chi connectivity index (χ3n) is 8.08. The van der Waals surface area contributed by atoms with Crippen molar-refractivity contribution in [3.05, 3.63) is 81.9 Å². The van der Waals surface area contributed by atoms with Crippen LogP contribution >= 0.6 is 0 Å². The third-order valence-corrected chi connectivity index (χ3v) is 8.08. The molecule has 0 radical (unpaired) electrons. The highest BCUT2D eigenvalue weighted by Gasteiger charge is 2.64. The summed E-state index contributed by atoms with van der Waals surface area (Å²) in [5.74, 6) is -0.277. The molecule has 172 valence electrons. The van der Waals surface area contributed by atoms with Crippen LogP contribution in [0.25, 0.3) is 0 Å². The molecule has 0 atom stereocenters. The number of hydrogen-bond acceptors (Lipinski definition) is 2. The van der Waals surface area contributed by atoms with Crippen LogP contribution in [0.4, 0.5) is 0 Å². The Hall–Kier alpha value is -2.68. The first-order valence-corrected chi connectivity index (χ1v) is 12.6. The Morgan fingerprint density at radius 1 is 0.788 bits per heavy atom. The number of benzene rings is 2. The lowest BCUT2D eigenvalue weighted by Gasteiger charge is -2.55. The molecule has 2 aromatic rings. The van der Waals surface area contributed by atoms with E-state index < -0.39 is 5.41 Å². The average Bonchev–Trinajstić information content (AvgIpc) is 3.06. The molecule has 3 aliphatic carbocycles. The summed E-state index contributed by atoms with van der Waals surface area (Å²) < 4.78 is 0. The molecular formula is C30H35NO2. The summed E-state index contributed by atoms with van der Waals surface area (Å²) in [7, 11) is 0. The van der Waals surface area contributed by atoms with Gasteiger partial charge < -0.3 is 0 Å². The van der Waals surface area contributed by atoms with Gasteiger partial charge in [0.15, 0.2) is 0 Å². The minimum atomic E-state index is -0.618. The largest absolute Gasteiger partial charge is 0.275 e. The molecule has 0 unspecified atom stereocenters. The van der Waals surface area contributed by atoms with E-state index in [-0.39, 0.29) is 23.1 Å². The Morgan fingerprint density at radius 3 is 1.91 bits per heavy atom. The van der Waals surface area contributed by atoms with Gasteiger partial charge in [0.2, 0.25) is 0 Å². The van der Waals surface area contributed by atoms with Gasteiger partial charge in [-0.05, 0) is 34.1 Å². The zero-order valence-electron chi connectivity index (χ0n) is 20.4. The lowest BCUT2D eigenvalue weighted by molar-refractivity contribution is -0.138. The molecule has 1 heterocycles. The van der Waals surface area contributed by atoms with Gasteiger partial charge in [-0.25, -0.2) is 0 Å². The Morgan fingerprint density at radius 2 is 1.33 bits per heavy atom.